The van der Waals surface area contributed by atoms with Gasteiger partial charge in [0.2, 0.25) is 0 Å². The lowest BCUT2D eigenvalue weighted by molar-refractivity contribution is -0.153. The van der Waals surface area contributed by atoms with Crippen molar-refractivity contribution >= 4 is 59.9 Å². The highest BCUT2D eigenvalue weighted by atomic mass is 16.6. The zero-order chi connectivity index (χ0) is 76.9. The first-order chi connectivity index (χ1) is 51.7. The van der Waals surface area contributed by atoms with E-state index < -0.39 is 65.0 Å². The van der Waals surface area contributed by atoms with Crippen LogP contribution in [0.15, 0.2) is 206 Å². The lowest BCUT2D eigenvalue weighted by Gasteiger charge is -2.28. The molecule has 610 valence electrons. The van der Waals surface area contributed by atoms with Gasteiger partial charge in [0.15, 0.2) is 0 Å². The third kappa shape index (κ3) is 33.9. The maximum absolute atomic E-state index is 13.2. The lowest BCUT2D eigenvalue weighted by Crippen LogP contribution is -2.35. The molecule has 22 heteroatoms. The molecule has 8 aromatic carbocycles. The molecule has 0 aromatic heterocycles. The number of rotatable bonds is 38. The molecule has 22 nitrogen and oxygen atoms in total. The van der Waals surface area contributed by atoms with E-state index in [1.165, 1.54) is 48.6 Å². The zero-order valence-electron chi connectivity index (χ0n) is 61.5. The fourth-order valence-electron chi connectivity index (χ4n) is 10.1. The van der Waals surface area contributed by atoms with Gasteiger partial charge in [-0.15, -0.1) is 0 Å². The molecule has 0 N–H and O–H groups in total. The number of ether oxygens (including phenoxy) is 14. The van der Waals surface area contributed by atoms with Gasteiger partial charge >= 0.3 is 47.8 Å². The summed E-state index contributed by atoms with van der Waals surface area (Å²) < 4.78 is 75.6. The first kappa shape index (κ1) is 98.8. The number of methoxy groups -OCH3 is 4. The van der Waals surface area contributed by atoms with E-state index in [1.807, 2.05) is 38.1 Å². The monoisotopic (exact) mass is 1560 g/mol. The van der Waals surface area contributed by atoms with Crippen molar-refractivity contribution in [3.63, 3.8) is 0 Å². The molecule has 4 unspecified atom stereocenters. The molecule has 0 saturated heterocycles. The molecule has 0 amide bonds. The summed E-state index contributed by atoms with van der Waals surface area (Å²) in [4.78, 5) is 101. The van der Waals surface area contributed by atoms with E-state index in [0.717, 1.165) is 11.1 Å². The van der Waals surface area contributed by atoms with Crippen molar-refractivity contribution in [3.8, 4) is 69.0 Å². The van der Waals surface area contributed by atoms with Gasteiger partial charge in [-0.3, -0.25) is 19.2 Å². The number of benzene rings is 8. The number of hydrogen-bond acceptors (Lipinski definition) is 22. The Morgan fingerprint density at radius 3 is 0.973 bits per heavy atom. The maximum atomic E-state index is 13.2. The summed E-state index contributed by atoms with van der Waals surface area (Å²) in [5, 5.41) is 0. The first-order valence-corrected chi connectivity index (χ1v) is 34.9. The Balaban J connectivity index is 0.00000107. The fraction of sp³-hybridized carbons (Fsp3) is 0.341. The molecule has 0 heterocycles. The van der Waals surface area contributed by atoms with Crippen molar-refractivity contribution in [2.45, 2.75) is 131 Å². The molecule has 0 spiro atoms. The average Bonchev–Trinajstić information content (AvgIpc) is 0.827. The molecule has 113 heavy (non-hydrogen) atoms. The minimum absolute atomic E-state index is 0. The topological polar surface area (TPSA) is 266 Å². The van der Waals surface area contributed by atoms with Crippen molar-refractivity contribution in [2.75, 3.05) is 54.9 Å². The summed E-state index contributed by atoms with van der Waals surface area (Å²) in [5.41, 5.74) is 1.46. The molecule has 8 rings (SSSR count). The predicted octanol–water partition coefficient (Wildman–Crippen LogP) is 20.0. The minimum Gasteiger partial charge on any atom is -0.497 e. The Hall–Kier alpha value is -12.2. The van der Waals surface area contributed by atoms with Gasteiger partial charge in [0.05, 0.1) is 89.2 Å². The van der Waals surface area contributed by atoms with E-state index in [0.29, 0.717) is 126 Å². The molecule has 0 radical (unpaired) electrons. The Morgan fingerprint density at radius 1 is 0.345 bits per heavy atom. The SMILES string of the molecule is C.C.C.C.C.C.CCC(C)(CC(C)C(=O)OCCCCOc1ccc(C(=O)Oc2ccc(OC)cc2)cc1)C(=O)Oc1ccc(OC(=O)/C=C/c2ccc(OC)cc2)cc1.CCC(CC(C)C(=O)OCCCCOc1ccc(C(=O)Oc2ccc(OC)cc2)cc1)C(=O)Oc1ccc(OC(=O)/C=C/c2ccc(OC)cc2)cc1. The highest BCUT2D eigenvalue weighted by molar-refractivity contribution is 5.92. The molecule has 0 aliphatic carbocycles. The van der Waals surface area contributed by atoms with E-state index in [4.69, 9.17) is 66.3 Å². The van der Waals surface area contributed by atoms with Crippen molar-refractivity contribution in [2.24, 2.45) is 23.2 Å². The van der Waals surface area contributed by atoms with E-state index in [2.05, 4.69) is 0 Å². The van der Waals surface area contributed by atoms with Crippen LogP contribution >= 0.6 is 0 Å². The van der Waals surface area contributed by atoms with Crippen molar-refractivity contribution < 1.29 is 105 Å². The van der Waals surface area contributed by atoms with Crippen LogP contribution in [0.4, 0.5) is 0 Å². The quantitative estimate of drug-likeness (QED) is 0.0151. The van der Waals surface area contributed by atoms with Crippen LogP contribution in [0.2, 0.25) is 0 Å². The number of carbonyl (C=O) groups is 8. The van der Waals surface area contributed by atoms with E-state index in [9.17, 15) is 38.4 Å². The molecule has 0 aliphatic rings. The molecule has 0 aliphatic heterocycles. The Kier molecular flexibility index (Phi) is 45.5. The van der Waals surface area contributed by atoms with Gasteiger partial charge in [-0.2, -0.15) is 0 Å². The summed E-state index contributed by atoms with van der Waals surface area (Å²) >= 11 is 0. The van der Waals surface area contributed by atoms with Crippen LogP contribution in [-0.2, 0) is 38.2 Å². The van der Waals surface area contributed by atoms with Gasteiger partial charge in [0.25, 0.3) is 0 Å². The second-order valence-corrected chi connectivity index (χ2v) is 24.7. The van der Waals surface area contributed by atoms with Crippen LogP contribution in [0.1, 0.15) is 162 Å². The van der Waals surface area contributed by atoms with Crippen LogP contribution in [0, 0.1) is 23.2 Å². The van der Waals surface area contributed by atoms with Gasteiger partial charge in [-0.1, -0.05) is 96.5 Å². The van der Waals surface area contributed by atoms with E-state index in [-0.39, 0.29) is 82.3 Å². The Labute approximate surface area is 667 Å². The van der Waals surface area contributed by atoms with Crippen LogP contribution in [0.3, 0.4) is 0 Å². The van der Waals surface area contributed by atoms with Crippen LogP contribution in [-0.4, -0.2) is 103 Å². The van der Waals surface area contributed by atoms with E-state index in [1.54, 1.807) is 195 Å². The van der Waals surface area contributed by atoms with Crippen molar-refractivity contribution in [1.29, 1.82) is 0 Å². The Morgan fingerprint density at radius 2 is 0.637 bits per heavy atom. The largest absolute Gasteiger partial charge is 0.497 e. The molecular weight excluding hydrogens is 1440 g/mol. The maximum Gasteiger partial charge on any atom is 0.343 e. The summed E-state index contributed by atoms with van der Waals surface area (Å²) in [5.74, 6) is 0.592. The standard InChI is InChI=1S/C43H46O11.C42H44O11.6CH4/c1-6-43(3,42(47)54-38-24-22-36(23-25-38)52-39(44)26-11-31-9-14-33(48-4)15-10-31)29-30(2)40(45)51-28-8-7-27-50-35-16-12-32(13-17-35)41(46)53-37-20-18-34(49-5)19-21-37;1-5-31(41(45)52-38-23-21-36(22-24-38)51-39(43)25-10-30-8-13-33(47-3)14-9-30)28-29(2)40(44)50-27-7-6-26-49-35-15-11-32(12-16-35)42(46)53-37-19-17-34(48-4)18-20-37;;;;;;/h9-26,30H,6-8,27-29H2,1-5H3;8-25,29,31H,5-7,26-28H2,1-4H3;6*1H4/b26-11+;25-10+;;;;;;. The van der Waals surface area contributed by atoms with Crippen LogP contribution < -0.4 is 56.8 Å². The zero-order valence-corrected chi connectivity index (χ0v) is 61.5. The predicted molar refractivity (Wildman–Crippen MR) is 440 cm³/mol. The van der Waals surface area contributed by atoms with Gasteiger partial charge < -0.3 is 66.3 Å². The number of carbonyl (C=O) groups excluding carboxylic acids is 8. The van der Waals surface area contributed by atoms with Gasteiger partial charge in [-0.25, -0.2) is 19.2 Å². The third-order valence-electron chi connectivity index (χ3n) is 16.7. The normalized spacial score (nSPS) is 11.6. The third-order valence-corrected chi connectivity index (χ3v) is 16.7. The second kappa shape index (κ2) is 52.1. The lowest BCUT2D eigenvalue weighted by atomic mass is 9.79. The van der Waals surface area contributed by atoms with Crippen LogP contribution in [0.25, 0.3) is 12.2 Å². The average molecular weight is 1560 g/mol. The highest BCUT2D eigenvalue weighted by Gasteiger charge is 2.37. The summed E-state index contributed by atoms with van der Waals surface area (Å²) in [7, 11) is 6.29. The van der Waals surface area contributed by atoms with Gasteiger partial charge in [0.1, 0.15) is 69.0 Å². The van der Waals surface area contributed by atoms with Crippen molar-refractivity contribution in [3.05, 3.63) is 229 Å². The van der Waals surface area contributed by atoms with Crippen molar-refractivity contribution in [1.82, 2.24) is 0 Å². The number of esters is 8. The Bertz CT molecular complexity index is 4190. The summed E-state index contributed by atoms with van der Waals surface area (Å²) in [6, 6.07) is 53.5. The number of hydrogen-bond donors (Lipinski definition) is 0. The molecular formula is C91H114O22. The fourth-order valence-corrected chi connectivity index (χ4v) is 10.1. The van der Waals surface area contributed by atoms with Gasteiger partial charge in [0, 0.05) is 12.2 Å². The number of unbranched alkanes of at least 4 members (excludes halogenated alkanes) is 2. The molecule has 0 fully saturated rings. The van der Waals surface area contributed by atoms with Crippen LogP contribution in [0.5, 0.6) is 69.0 Å². The summed E-state index contributed by atoms with van der Waals surface area (Å²) in [6.45, 7) is 10.2. The smallest absolute Gasteiger partial charge is 0.343 e. The summed E-state index contributed by atoms with van der Waals surface area (Å²) in [6.07, 6.45) is 9.80. The molecule has 0 saturated carbocycles. The highest BCUT2D eigenvalue weighted by Crippen LogP contribution is 2.34. The first-order valence-electron chi connectivity index (χ1n) is 34.9. The second-order valence-electron chi connectivity index (χ2n) is 24.7. The molecule has 4 atom stereocenters. The molecule has 0 bridgehead atoms. The van der Waals surface area contributed by atoms with E-state index >= 15 is 0 Å². The molecule has 8 aromatic rings. The van der Waals surface area contributed by atoms with Gasteiger partial charge in [-0.05, 0) is 251 Å². The minimum atomic E-state index is -0.939.